The van der Waals surface area contributed by atoms with E-state index in [1.807, 2.05) is 30.4 Å². The lowest BCUT2D eigenvalue weighted by Gasteiger charge is -2.06. The van der Waals surface area contributed by atoms with Gasteiger partial charge in [0, 0.05) is 5.02 Å². The molecule has 0 bridgehead atoms. The largest absolute Gasteiger partial charge is 0.503 e. The summed E-state index contributed by atoms with van der Waals surface area (Å²) in [6, 6.07) is 9.01. The van der Waals surface area contributed by atoms with E-state index in [9.17, 15) is 5.11 Å². The summed E-state index contributed by atoms with van der Waals surface area (Å²) in [6.07, 6.45) is 3.76. The molecule has 0 saturated carbocycles. The summed E-state index contributed by atoms with van der Waals surface area (Å²) in [5.41, 5.74) is 1.69. The molecule has 0 aliphatic carbocycles. The van der Waals surface area contributed by atoms with Gasteiger partial charge >= 0.3 is 0 Å². The molecule has 3 nitrogen and oxygen atoms in total. The van der Waals surface area contributed by atoms with Gasteiger partial charge in [0.1, 0.15) is 5.01 Å². The van der Waals surface area contributed by atoms with Crippen LogP contribution in [0.4, 0.5) is 0 Å². The van der Waals surface area contributed by atoms with Crippen LogP contribution in [0, 0.1) is 0 Å². The van der Waals surface area contributed by atoms with Crippen molar-refractivity contribution < 1.29 is 9.84 Å². The van der Waals surface area contributed by atoms with Gasteiger partial charge < -0.3 is 9.84 Å². The van der Waals surface area contributed by atoms with E-state index in [2.05, 4.69) is 4.98 Å². The van der Waals surface area contributed by atoms with Crippen molar-refractivity contribution in [2.45, 2.75) is 0 Å². The number of benzene rings is 2. The highest BCUT2D eigenvalue weighted by Crippen LogP contribution is 2.35. The lowest BCUT2D eigenvalue weighted by atomic mass is 10.2. The summed E-state index contributed by atoms with van der Waals surface area (Å²) in [5, 5.41) is 11.5. The van der Waals surface area contributed by atoms with Gasteiger partial charge in [0.15, 0.2) is 11.5 Å². The Labute approximate surface area is 141 Å². The molecular weight excluding hydrogens is 341 g/mol. The van der Waals surface area contributed by atoms with Gasteiger partial charge in [-0.15, -0.1) is 11.3 Å². The average molecular weight is 352 g/mol. The number of aromatic hydroxyl groups is 1. The molecule has 0 radical (unpaired) electrons. The maximum absolute atomic E-state index is 9.72. The summed E-state index contributed by atoms with van der Waals surface area (Å²) in [5.74, 6) is 0.277. The molecular formula is C16H11Cl2NO2S. The number of phenols is 1. The SMILES string of the molecule is COc1cc(/C=C/c2nc3cc(Cl)ccc3s2)cc(Cl)c1O. The highest BCUT2D eigenvalue weighted by molar-refractivity contribution is 7.19. The number of halogens is 2. The van der Waals surface area contributed by atoms with Crippen molar-refractivity contribution in [2.24, 2.45) is 0 Å². The number of hydrogen-bond donors (Lipinski definition) is 1. The zero-order valence-corrected chi connectivity index (χ0v) is 13.8. The number of methoxy groups -OCH3 is 1. The van der Waals surface area contributed by atoms with E-state index in [4.69, 9.17) is 27.9 Å². The van der Waals surface area contributed by atoms with E-state index < -0.39 is 0 Å². The molecule has 0 amide bonds. The van der Waals surface area contributed by atoms with E-state index in [0.29, 0.717) is 10.8 Å². The minimum atomic E-state index is -0.0593. The van der Waals surface area contributed by atoms with Gasteiger partial charge in [-0.25, -0.2) is 4.98 Å². The first kappa shape index (κ1) is 15.2. The molecule has 1 aromatic heterocycles. The molecule has 0 aliphatic heterocycles. The molecule has 0 unspecified atom stereocenters. The van der Waals surface area contributed by atoms with E-state index in [-0.39, 0.29) is 10.8 Å². The summed E-state index contributed by atoms with van der Waals surface area (Å²) in [7, 11) is 1.48. The molecule has 2 aromatic carbocycles. The first-order chi connectivity index (χ1) is 10.6. The van der Waals surface area contributed by atoms with Crippen LogP contribution in [-0.4, -0.2) is 17.2 Å². The maximum Gasteiger partial charge on any atom is 0.176 e. The minimum Gasteiger partial charge on any atom is -0.503 e. The van der Waals surface area contributed by atoms with E-state index >= 15 is 0 Å². The smallest absolute Gasteiger partial charge is 0.176 e. The second-order valence-electron chi connectivity index (χ2n) is 4.55. The highest BCUT2D eigenvalue weighted by Gasteiger charge is 2.08. The zero-order chi connectivity index (χ0) is 15.7. The van der Waals surface area contributed by atoms with Gasteiger partial charge in [-0.3, -0.25) is 0 Å². The summed E-state index contributed by atoms with van der Waals surface area (Å²) < 4.78 is 6.16. The van der Waals surface area contributed by atoms with Crippen LogP contribution in [0.3, 0.4) is 0 Å². The Kier molecular flexibility index (Phi) is 4.25. The number of nitrogens with zero attached hydrogens (tertiary/aromatic N) is 1. The predicted octanol–water partition coefficient (Wildman–Crippen LogP) is 5.49. The highest BCUT2D eigenvalue weighted by atomic mass is 35.5. The van der Waals surface area contributed by atoms with Crippen molar-refractivity contribution in [2.75, 3.05) is 7.11 Å². The van der Waals surface area contributed by atoms with Gasteiger partial charge in [-0.05, 0) is 42.0 Å². The minimum absolute atomic E-state index is 0.0593. The molecule has 0 aliphatic rings. The summed E-state index contributed by atoms with van der Waals surface area (Å²) >= 11 is 13.5. The number of fused-ring (bicyclic) bond motifs is 1. The Hall–Kier alpha value is -1.75. The van der Waals surface area contributed by atoms with E-state index in [1.54, 1.807) is 23.5 Å². The monoisotopic (exact) mass is 351 g/mol. The fourth-order valence-electron chi connectivity index (χ4n) is 2.00. The first-order valence-corrected chi connectivity index (χ1v) is 7.95. The summed E-state index contributed by atoms with van der Waals surface area (Å²) in [6.45, 7) is 0. The zero-order valence-electron chi connectivity index (χ0n) is 11.5. The number of ether oxygens (including phenoxy) is 1. The topological polar surface area (TPSA) is 42.4 Å². The molecule has 6 heteroatoms. The van der Waals surface area contributed by atoms with Crippen molar-refractivity contribution in [3.05, 3.63) is 50.9 Å². The molecule has 22 heavy (non-hydrogen) atoms. The molecule has 0 atom stereocenters. The van der Waals surface area contributed by atoms with Gasteiger partial charge in [-0.2, -0.15) is 0 Å². The van der Waals surface area contributed by atoms with Crippen LogP contribution in [0.25, 0.3) is 22.4 Å². The third-order valence-electron chi connectivity index (χ3n) is 3.06. The van der Waals surface area contributed by atoms with Crippen molar-refractivity contribution in [1.29, 1.82) is 0 Å². The lowest BCUT2D eigenvalue weighted by Crippen LogP contribution is -1.85. The maximum atomic E-state index is 9.72. The van der Waals surface area contributed by atoms with Gasteiger partial charge in [0.05, 0.1) is 22.3 Å². The Balaban J connectivity index is 1.94. The number of hydrogen-bond acceptors (Lipinski definition) is 4. The van der Waals surface area contributed by atoms with Crippen LogP contribution < -0.4 is 4.74 Å². The second-order valence-corrected chi connectivity index (χ2v) is 6.46. The number of aromatic nitrogens is 1. The van der Waals surface area contributed by atoms with Gasteiger partial charge in [0.25, 0.3) is 0 Å². The standard InChI is InChI=1S/C16H11Cl2NO2S/c1-21-13-7-9(6-11(18)16(13)20)2-5-15-19-12-8-10(17)3-4-14(12)22-15/h2-8,20H,1H3/b5-2+. The second kappa shape index (κ2) is 6.16. The van der Waals surface area contributed by atoms with Gasteiger partial charge in [-0.1, -0.05) is 29.3 Å². The van der Waals surface area contributed by atoms with Gasteiger partial charge in [0.2, 0.25) is 0 Å². The number of rotatable bonds is 3. The molecule has 3 aromatic rings. The quantitative estimate of drug-likeness (QED) is 0.678. The normalized spacial score (nSPS) is 11.4. The van der Waals surface area contributed by atoms with E-state index in [1.165, 1.54) is 7.11 Å². The van der Waals surface area contributed by atoms with E-state index in [0.717, 1.165) is 20.8 Å². The fourth-order valence-corrected chi connectivity index (χ4v) is 3.24. The molecule has 3 rings (SSSR count). The van der Waals surface area contributed by atoms with Crippen molar-refractivity contribution in [1.82, 2.24) is 4.98 Å². The third kappa shape index (κ3) is 3.04. The third-order valence-corrected chi connectivity index (χ3v) is 4.58. The number of thiazole rings is 1. The summed E-state index contributed by atoms with van der Waals surface area (Å²) in [4.78, 5) is 4.50. The Bertz CT molecular complexity index is 874. The first-order valence-electron chi connectivity index (χ1n) is 6.37. The van der Waals surface area contributed by atoms with Crippen LogP contribution in [0.2, 0.25) is 10.0 Å². The molecule has 0 fully saturated rings. The van der Waals surface area contributed by atoms with Crippen molar-refractivity contribution in [3.63, 3.8) is 0 Å². The Morgan fingerprint density at radius 1 is 1.18 bits per heavy atom. The molecule has 1 N–H and O–H groups in total. The van der Waals surface area contributed by atoms with Crippen LogP contribution in [0.15, 0.2) is 30.3 Å². The van der Waals surface area contributed by atoms with Crippen LogP contribution >= 0.6 is 34.5 Å². The molecule has 0 saturated heterocycles. The average Bonchev–Trinajstić information content (AvgIpc) is 2.90. The Morgan fingerprint density at radius 3 is 2.77 bits per heavy atom. The van der Waals surface area contributed by atoms with Crippen LogP contribution in [0.5, 0.6) is 11.5 Å². The van der Waals surface area contributed by atoms with Crippen LogP contribution in [-0.2, 0) is 0 Å². The lowest BCUT2D eigenvalue weighted by molar-refractivity contribution is 0.373. The predicted molar refractivity (Wildman–Crippen MR) is 93.2 cm³/mol. The van der Waals surface area contributed by atoms with Crippen molar-refractivity contribution >= 4 is 56.9 Å². The number of phenolic OH excluding ortho intramolecular Hbond substituents is 1. The molecule has 112 valence electrons. The van der Waals surface area contributed by atoms with Crippen molar-refractivity contribution in [3.8, 4) is 11.5 Å². The fraction of sp³-hybridized carbons (Fsp3) is 0.0625. The Morgan fingerprint density at radius 2 is 2.00 bits per heavy atom. The molecule has 0 spiro atoms. The molecule has 1 heterocycles. The van der Waals surface area contributed by atoms with Crippen LogP contribution in [0.1, 0.15) is 10.6 Å².